The predicted molar refractivity (Wildman–Crippen MR) is 366 cm³/mol. The van der Waals surface area contributed by atoms with Crippen molar-refractivity contribution in [2.45, 2.75) is 199 Å². The van der Waals surface area contributed by atoms with Crippen molar-refractivity contribution in [1.82, 2.24) is 0 Å². The molecule has 0 fully saturated rings. The van der Waals surface area contributed by atoms with Crippen molar-refractivity contribution in [3.8, 4) is 22.3 Å². The van der Waals surface area contributed by atoms with Gasteiger partial charge in [0.15, 0.2) is 0 Å². The lowest BCUT2D eigenvalue weighted by atomic mass is 9.84. The third-order valence-corrected chi connectivity index (χ3v) is 12.2. The summed E-state index contributed by atoms with van der Waals surface area (Å²) in [6.45, 7) is 51.0. The van der Waals surface area contributed by atoms with Crippen LogP contribution in [0.25, 0.3) is 43.8 Å². The van der Waals surface area contributed by atoms with E-state index in [1.807, 2.05) is 125 Å². The van der Waals surface area contributed by atoms with Gasteiger partial charge in [0.05, 0.1) is 0 Å². The number of benzene rings is 9. The molecule has 0 aliphatic heterocycles. The van der Waals surface area contributed by atoms with Crippen molar-refractivity contribution in [1.29, 1.82) is 0 Å². The summed E-state index contributed by atoms with van der Waals surface area (Å²) in [5.41, 5.74) is 23.9. The topological polar surface area (TPSA) is 0 Å². The van der Waals surface area contributed by atoms with Crippen LogP contribution in [0.1, 0.15) is 197 Å². The molecule has 0 amide bonds. The standard InChI is InChI=1S/C16H16.C15H14.C15H12.C15H16.9C2H6/c1-11-3-7-15-13(9-11)5-6-14-10-12(2)4-8-16(14)15;1-10-3-5-14-12(7-10)9-13-8-11(2)4-6-15(13)14;1-11-6-9-15-13(10-11)8-7-12-4-2-3-5-14(12)15;1-12-3-7-14(8-4-12)11-15-9-5-13(2)6-10-15;9*1-2/h3-4,7-10H,5-6H2,1-2H3;3-8H,9H2,1-2H3;2-10H,1H3;3-10H,11H2,1-2H3;9*1-2H3. The molecule has 2 aliphatic rings. The fraction of sp³-hybridized carbons (Fsp3) is 0.367. The van der Waals surface area contributed by atoms with Crippen LogP contribution in [-0.2, 0) is 25.7 Å². The van der Waals surface area contributed by atoms with E-state index < -0.39 is 0 Å². The third-order valence-electron chi connectivity index (χ3n) is 12.2. The number of hydrogen-bond donors (Lipinski definition) is 0. The lowest BCUT2D eigenvalue weighted by Gasteiger charge is -2.20. The van der Waals surface area contributed by atoms with Crippen LogP contribution in [0.5, 0.6) is 0 Å². The summed E-state index contributed by atoms with van der Waals surface area (Å²) in [4.78, 5) is 0. The van der Waals surface area contributed by atoms with Gasteiger partial charge in [0.2, 0.25) is 0 Å². The molecule has 9 aromatic rings. The Bertz CT molecular complexity index is 2810. The molecule has 9 aromatic carbocycles. The maximum absolute atomic E-state index is 2.33. The Morgan fingerprint density at radius 3 is 0.899 bits per heavy atom. The first kappa shape index (κ1) is 74.6. The van der Waals surface area contributed by atoms with E-state index in [2.05, 4.69) is 224 Å². The van der Waals surface area contributed by atoms with Crippen LogP contribution in [0.2, 0.25) is 0 Å². The maximum Gasteiger partial charge on any atom is -0.00133 e. The molecule has 0 saturated carbocycles. The SMILES string of the molecule is CC.CC.CC.CC.CC.CC.CC.CC.CC.Cc1ccc(Cc2ccc(C)cc2)cc1.Cc1ccc2c(c1)CCc1cc(C)ccc1-2.Cc1ccc2c(c1)Cc1cc(C)ccc1-2.Cc1ccc2c(ccc3ccccc32)c1. The average molecular weight is 1060 g/mol. The van der Waals surface area contributed by atoms with Crippen LogP contribution in [0.4, 0.5) is 0 Å². The van der Waals surface area contributed by atoms with Crippen LogP contribution < -0.4 is 0 Å². The Morgan fingerprint density at radius 1 is 0.241 bits per heavy atom. The average Bonchev–Trinajstić information content (AvgIpc) is 3.87. The van der Waals surface area contributed by atoms with Gasteiger partial charge in [-0.2, -0.15) is 0 Å². The molecule has 0 heteroatoms. The minimum atomic E-state index is 1.03. The normalized spacial score (nSPS) is 9.73. The second-order valence-electron chi connectivity index (χ2n) is 17.5. The highest BCUT2D eigenvalue weighted by Gasteiger charge is 2.18. The van der Waals surface area contributed by atoms with E-state index in [-0.39, 0.29) is 0 Å². The zero-order chi connectivity index (χ0) is 60.5. The summed E-state index contributed by atoms with van der Waals surface area (Å²) in [6.07, 6.45) is 4.51. The van der Waals surface area contributed by atoms with Crippen molar-refractivity contribution in [3.63, 3.8) is 0 Å². The van der Waals surface area contributed by atoms with Gasteiger partial charge in [-0.15, -0.1) is 0 Å². The summed E-state index contributed by atoms with van der Waals surface area (Å²) in [7, 11) is 0. The highest BCUT2D eigenvalue weighted by Crippen LogP contribution is 2.37. The fourth-order valence-corrected chi connectivity index (χ4v) is 8.90. The third kappa shape index (κ3) is 24.2. The Balaban J connectivity index is 0. The molecule has 0 heterocycles. The molecule has 0 spiro atoms. The monoisotopic (exact) mass is 1060 g/mol. The Hall–Kier alpha value is -6.50. The number of aryl methyl sites for hydroxylation is 9. The summed E-state index contributed by atoms with van der Waals surface area (Å²) in [6, 6.07) is 64.2. The van der Waals surface area contributed by atoms with Crippen molar-refractivity contribution in [3.05, 3.63) is 248 Å². The van der Waals surface area contributed by atoms with Gasteiger partial charge < -0.3 is 0 Å². The Kier molecular flexibility index (Phi) is 41.9. The van der Waals surface area contributed by atoms with Gasteiger partial charge in [-0.25, -0.2) is 0 Å². The molecule has 0 aromatic heterocycles. The summed E-state index contributed by atoms with van der Waals surface area (Å²) in [5.74, 6) is 0. The number of rotatable bonds is 2. The minimum Gasteiger partial charge on any atom is -0.0683 e. The smallest absolute Gasteiger partial charge is 0.00133 e. The van der Waals surface area contributed by atoms with Gasteiger partial charge in [0, 0.05) is 0 Å². The van der Waals surface area contributed by atoms with E-state index in [0.29, 0.717) is 0 Å². The van der Waals surface area contributed by atoms with Crippen molar-refractivity contribution in [2.24, 2.45) is 0 Å². The van der Waals surface area contributed by atoms with Crippen LogP contribution >= 0.6 is 0 Å². The quantitative estimate of drug-likeness (QED) is 0.151. The molecule has 0 atom stereocenters. The molecule has 0 N–H and O–H groups in total. The molecule has 79 heavy (non-hydrogen) atoms. The lowest BCUT2D eigenvalue weighted by Crippen LogP contribution is -2.04. The summed E-state index contributed by atoms with van der Waals surface area (Å²) >= 11 is 0. The highest BCUT2D eigenvalue weighted by molar-refractivity contribution is 6.07. The Morgan fingerprint density at radius 2 is 0.519 bits per heavy atom. The van der Waals surface area contributed by atoms with Crippen molar-refractivity contribution in [2.75, 3.05) is 0 Å². The zero-order valence-electron chi connectivity index (χ0n) is 55.1. The molecule has 0 bridgehead atoms. The molecule has 0 saturated heterocycles. The molecule has 11 rings (SSSR count). The van der Waals surface area contributed by atoms with Gasteiger partial charge in [0.1, 0.15) is 0 Å². The predicted octanol–water partition coefficient (Wildman–Crippen LogP) is 25.4. The van der Waals surface area contributed by atoms with Crippen LogP contribution in [0.3, 0.4) is 0 Å². The lowest BCUT2D eigenvalue weighted by molar-refractivity contribution is 0.937. The van der Waals surface area contributed by atoms with E-state index in [9.17, 15) is 0 Å². The fourth-order valence-electron chi connectivity index (χ4n) is 8.90. The van der Waals surface area contributed by atoms with Crippen LogP contribution in [0, 0.1) is 48.5 Å². The second-order valence-corrected chi connectivity index (χ2v) is 17.5. The van der Waals surface area contributed by atoms with E-state index in [0.717, 1.165) is 12.8 Å². The van der Waals surface area contributed by atoms with E-state index in [1.165, 1.54) is 129 Å². The van der Waals surface area contributed by atoms with E-state index in [1.54, 1.807) is 0 Å². The van der Waals surface area contributed by atoms with Crippen LogP contribution in [0.15, 0.2) is 176 Å². The van der Waals surface area contributed by atoms with Crippen molar-refractivity contribution < 1.29 is 0 Å². The largest absolute Gasteiger partial charge is 0.0683 e. The maximum atomic E-state index is 2.33. The van der Waals surface area contributed by atoms with Gasteiger partial charge >= 0.3 is 0 Å². The highest BCUT2D eigenvalue weighted by atomic mass is 14.2. The van der Waals surface area contributed by atoms with Gasteiger partial charge in [-0.05, 0) is 151 Å². The Labute approximate surface area is 488 Å². The number of fused-ring (bicyclic) bond motifs is 9. The van der Waals surface area contributed by atoms with E-state index >= 15 is 0 Å². The number of hydrogen-bond acceptors (Lipinski definition) is 0. The minimum absolute atomic E-state index is 1.03. The first-order valence-electron chi connectivity index (χ1n) is 30.9. The first-order chi connectivity index (χ1) is 38.6. The second kappa shape index (κ2) is 44.4. The molecule has 0 radical (unpaired) electrons. The molecule has 428 valence electrons. The molecule has 0 nitrogen and oxygen atoms in total. The molecule has 2 aliphatic carbocycles. The van der Waals surface area contributed by atoms with Gasteiger partial charge in [-0.3, -0.25) is 0 Å². The van der Waals surface area contributed by atoms with Crippen molar-refractivity contribution >= 4 is 21.5 Å². The van der Waals surface area contributed by atoms with Gasteiger partial charge in [-0.1, -0.05) is 339 Å². The summed E-state index contributed by atoms with van der Waals surface area (Å²) in [5, 5.41) is 5.33. The molecular formula is C79H112. The molecular weight excluding hydrogens is 949 g/mol. The van der Waals surface area contributed by atoms with Gasteiger partial charge in [0.25, 0.3) is 0 Å². The van der Waals surface area contributed by atoms with Crippen LogP contribution in [-0.4, -0.2) is 0 Å². The molecule has 0 unspecified atom stereocenters. The first-order valence-corrected chi connectivity index (χ1v) is 30.9. The van der Waals surface area contributed by atoms with E-state index in [4.69, 9.17) is 0 Å². The zero-order valence-corrected chi connectivity index (χ0v) is 55.1. The summed E-state index contributed by atoms with van der Waals surface area (Å²) < 4.78 is 0.